The molecule has 5 N–H and O–H groups in total. The standard InChI is InChI=1S/C11H11N7O/c12-10-15-7-8(16-10)17-11(13)18(9(7)19)5-6-2-1-3-14-4-6/h1-4H,5H2,(H2,13,17)(H3,12,15,16). The van der Waals surface area contributed by atoms with E-state index in [9.17, 15) is 4.79 Å². The predicted molar refractivity (Wildman–Crippen MR) is 70.3 cm³/mol. The van der Waals surface area contributed by atoms with Crippen LogP contribution in [0.3, 0.4) is 0 Å². The van der Waals surface area contributed by atoms with E-state index in [1.54, 1.807) is 18.5 Å². The van der Waals surface area contributed by atoms with Crippen molar-refractivity contribution in [3.8, 4) is 0 Å². The first-order valence-corrected chi connectivity index (χ1v) is 5.55. The lowest BCUT2D eigenvalue weighted by Gasteiger charge is -2.07. The summed E-state index contributed by atoms with van der Waals surface area (Å²) in [4.78, 5) is 26.9. The fraction of sp³-hybridized carbons (Fsp3) is 0.0909. The normalized spacial score (nSPS) is 10.9. The average Bonchev–Trinajstić information content (AvgIpc) is 2.76. The molecule has 0 saturated heterocycles. The molecule has 0 atom stereocenters. The van der Waals surface area contributed by atoms with Crippen LogP contribution in [0.5, 0.6) is 0 Å². The molecular weight excluding hydrogens is 246 g/mol. The number of anilines is 2. The maximum Gasteiger partial charge on any atom is 0.281 e. The van der Waals surface area contributed by atoms with Gasteiger partial charge >= 0.3 is 0 Å². The molecule has 0 spiro atoms. The van der Waals surface area contributed by atoms with Gasteiger partial charge in [-0.1, -0.05) is 6.07 Å². The summed E-state index contributed by atoms with van der Waals surface area (Å²) < 4.78 is 1.34. The van der Waals surface area contributed by atoms with Crippen LogP contribution in [0.1, 0.15) is 5.56 Å². The number of nitrogens with two attached hydrogens (primary N) is 2. The zero-order chi connectivity index (χ0) is 13.4. The molecule has 0 fully saturated rings. The summed E-state index contributed by atoms with van der Waals surface area (Å²) in [5, 5.41) is 0. The van der Waals surface area contributed by atoms with E-state index >= 15 is 0 Å². The van der Waals surface area contributed by atoms with E-state index in [0.717, 1.165) is 5.56 Å². The smallest absolute Gasteiger partial charge is 0.281 e. The summed E-state index contributed by atoms with van der Waals surface area (Å²) in [6.45, 7) is 0.292. The van der Waals surface area contributed by atoms with E-state index in [2.05, 4.69) is 19.9 Å². The Kier molecular flexibility index (Phi) is 2.41. The Morgan fingerprint density at radius 3 is 2.89 bits per heavy atom. The monoisotopic (exact) mass is 257 g/mol. The summed E-state index contributed by atoms with van der Waals surface area (Å²) in [6.07, 6.45) is 3.32. The quantitative estimate of drug-likeness (QED) is 0.579. The number of nitrogens with zero attached hydrogens (tertiary/aromatic N) is 4. The van der Waals surface area contributed by atoms with Crippen molar-refractivity contribution in [2.45, 2.75) is 6.54 Å². The van der Waals surface area contributed by atoms with Crippen LogP contribution in [-0.2, 0) is 6.54 Å². The highest BCUT2D eigenvalue weighted by atomic mass is 16.1. The average molecular weight is 257 g/mol. The van der Waals surface area contributed by atoms with Crippen LogP contribution in [0, 0.1) is 0 Å². The van der Waals surface area contributed by atoms with Gasteiger partial charge in [0.25, 0.3) is 5.56 Å². The van der Waals surface area contributed by atoms with Crippen LogP contribution in [0.4, 0.5) is 11.9 Å². The lowest BCUT2D eigenvalue weighted by Crippen LogP contribution is -2.25. The van der Waals surface area contributed by atoms with E-state index in [1.807, 2.05) is 6.07 Å². The Hall–Kier alpha value is -2.90. The first-order valence-electron chi connectivity index (χ1n) is 5.55. The van der Waals surface area contributed by atoms with E-state index in [-0.39, 0.29) is 28.6 Å². The number of nitrogen functional groups attached to an aromatic ring is 2. The van der Waals surface area contributed by atoms with Gasteiger partial charge in [0.05, 0.1) is 6.54 Å². The van der Waals surface area contributed by atoms with Crippen molar-refractivity contribution in [2.75, 3.05) is 11.5 Å². The van der Waals surface area contributed by atoms with Gasteiger partial charge in [-0.3, -0.25) is 14.3 Å². The van der Waals surface area contributed by atoms with E-state index in [4.69, 9.17) is 11.5 Å². The zero-order valence-corrected chi connectivity index (χ0v) is 9.87. The number of rotatable bonds is 2. The Labute approximate surface area is 107 Å². The molecule has 0 aromatic carbocycles. The Bertz CT molecular complexity index is 790. The summed E-state index contributed by atoms with van der Waals surface area (Å²) in [7, 11) is 0. The molecule has 3 aromatic heterocycles. The van der Waals surface area contributed by atoms with Crippen LogP contribution in [0.25, 0.3) is 11.2 Å². The first-order chi connectivity index (χ1) is 9.15. The number of aromatic amines is 1. The van der Waals surface area contributed by atoms with Crippen LogP contribution < -0.4 is 17.0 Å². The lowest BCUT2D eigenvalue weighted by molar-refractivity contribution is 0.758. The van der Waals surface area contributed by atoms with Gasteiger partial charge in [0.15, 0.2) is 17.1 Å². The van der Waals surface area contributed by atoms with Gasteiger partial charge in [-0.2, -0.15) is 9.97 Å². The summed E-state index contributed by atoms with van der Waals surface area (Å²) in [5.41, 5.74) is 12.3. The van der Waals surface area contributed by atoms with E-state index in [1.165, 1.54) is 4.57 Å². The molecule has 0 aliphatic rings. The Morgan fingerprint density at radius 1 is 1.32 bits per heavy atom. The van der Waals surface area contributed by atoms with E-state index in [0.29, 0.717) is 6.54 Å². The maximum atomic E-state index is 12.3. The van der Waals surface area contributed by atoms with Gasteiger partial charge in [0.1, 0.15) is 0 Å². The molecule has 3 aromatic rings. The summed E-state index contributed by atoms with van der Waals surface area (Å²) in [6, 6.07) is 3.64. The van der Waals surface area contributed by atoms with Crippen molar-refractivity contribution in [3.63, 3.8) is 0 Å². The second-order valence-electron chi connectivity index (χ2n) is 4.04. The van der Waals surface area contributed by atoms with Gasteiger partial charge in [-0.25, -0.2) is 0 Å². The molecule has 0 unspecified atom stereocenters. The molecule has 8 heteroatoms. The molecule has 3 heterocycles. The molecular formula is C11H11N7O. The van der Waals surface area contributed by atoms with Crippen molar-refractivity contribution < 1.29 is 0 Å². The summed E-state index contributed by atoms with van der Waals surface area (Å²) >= 11 is 0. The molecule has 19 heavy (non-hydrogen) atoms. The molecule has 0 bridgehead atoms. The zero-order valence-electron chi connectivity index (χ0n) is 9.87. The molecule has 0 amide bonds. The number of pyridine rings is 1. The number of aromatic nitrogens is 5. The van der Waals surface area contributed by atoms with Crippen LogP contribution >= 0.6 is 0 Å². The molecule has 0 aliphatic carbocycles. The molecule has 96 valence electrons. The number of fused-ring (bicyclic) bond motifs is 1. The highest BCUT2D eigenvalue weighted by Crippen LogP contribution is 2.09. The number of hydrogen-bond acceptors (Lipinski definition) is 6. The van der Waals surface area contributed by atoms with Gasteiger partial charge in [-0.05, 0) is 11.6 Å². The minimum absolute atomic E-state index is 0.0906. The fourth-order valence-corrected chi connectivity index (χ4v) is 1.85. The Morgan fingerprint density at radius 2 is 2.16 bits per heavy atom. The largest absolute Gasteiger partial charge is 0.369 e. The minimum atomic E-state index is -0.310. The van der Waals surface area contributed by atoms with Gasteiger partial charge < -0.3 is 16.5 Å². The first kappa shape index (κ1) is 11.2. The lowest BCUT2D eigenvalue weighted by atomic mass is 10.3. The third-order valence-electron chi connectivity index (χ3n) is 2.72. The van der Waals surface area contributed by atoms with Gasteiger partial charge in [0, 0.05) is 12.4 Å². The maximum absolute atomic E-state index is 12.3. The van der Waals surface area contributed by atoms with Crippen LogP contribution in [0.15, 0.2) is 29.3 Å². The minimum Gasteiger partial charge on any atom is -0.369 e. The van der Waals surface area contributed by atoms with Crippen molar-refractivity contribution in [2.24, 2.45) is 0 Å². The SMILES string of the molecule is Nc1nc2nc(N)n(Cc3cccnc3)c(=O)c2[nH]1. The number of imidazole rings is 1. The summed E-state index contributed by atoms with van der Waals surface area (Å²) in [5.74, 6) is 0.228. The molecule has 0 aliphatic heterocycles. The predicted octanol–water partition coefficient (Wildman–Crippen LogP) is -0.273. The highest BCUT2D eigenvalue weighted by Gasteiger charge is 2.12. The molecule has 3 rings (SSSR count). The third kappa shape index (κ3) is 1.88. The number of H-pyrrole nitrogens is 1. The van der Waals surface area contributed by atoms with Gasteiger partial charge in [0.2, 0.25) is 5.95 Å². The van der Waals surface area contributed by atoms with Crippen molar-refractivity contribution >= 4 is 23.1 Å². The molecule has 8 nitrogen and oxygen atoms in total. The fourth-order valence-electron chi connectivity index (χ4n) is 1.85. The highest BCUT2D eigenvalue weighted by molar-refractivity contribution is 5.72. The van der Waals surface area contributed by atoms with Crippen molar-refractivity contribution in [1.82, 2.24) is 24.5 Å². The molecule has 0 saturated carbocycles. The second kappa shape index (κ2) is 4.09. The van der Waals surface area contributed by atoms with Gasteiger partial charge in [-0.15, -0.1) is 0 Å². The van der Waals surface area contributed by atoms with Crippen LogP contribution in [-0.4, -0.2) is 24.5 Å². The second-order valence-corrected chi connectivity index (χ2v) is 4.04. The number of nitrogens with one attached hydrogen (secondary N) is 1. The van der Waals surface area contributed by atoms with Crippen molar-refractivity contribution in [1.29, 1.82) is 0 Å². The molecule has 0 radical (unpaired) electrons. The van der Waals surface area contributed by atoms with Crippen molar-refractivity contribution in [3.05, 3.63) is 40.4 Å². The Balaban J connectivity index is 2.16. The van der Waals surface area contributed by atoms with Crippen LogP contribution in [0.2, 0.25) is 0 Å². The number of hydrogen-bond donors (Lipinski definition) is 3. The van der Waals surface area contributed by atoms with E-state index < -0.39 is 0 Å². The topological polar surface area (TPSA) is 128 Å². The third-order valence-corrected chi connectivity index (χ3v) is 2.72.